The predicted octanol–water partition coefficient (Wildman–Crippen LogP) is 3.22. The average Bonchev–Trinajstić information content (AvgIpc) is 2.81. The number of halogens is 2. The van der Waals surface area contributed by atoms with Gasteiger partial charge in [0.1, 0.15) is 0 Å². The molecule has 0 aromatic rings. The molecule has 1 aliphatic carbocycles. The largest absolute Gasteiger partial charge is 0.354 e. The maximum Gasteiger partial charge on any atom is 0.220 e. The lowest BCUT2D eigenvalue weighted by Gasteiger charge is -2.45. The molecule has 2 aliphatic rings. The van der Waals surface area contributed by atoms with Crippen molar-refractivity contribution < 1.29 is 4.79 Å². The molecule has 1 heterocycles. The first-order valence-electron chi connectivity index (χ1n) is 9.05. The fourth-order valence-electron chi connectivity index (χ4n) is 4.21. The van der Waals surface area contributed by atoms with E-state index in [0.29, 0.717) is 12.3 Å². The molecule has 0 bridgehead atoms. The van der Waals surface area contributed by atoms with Crippen LogP contribution >= 0.6 is 24.8 Å². The number of piperidine rings is 1. The van der Waals surface area contributed by atoms with E-state index in [2.05, 4.69) is 37.9 Å². The van der Waals surface area contributed by atoms with Crippen molar-refractivity contribution in [3.8, 4) is 0 Å². The SMILES string of the molecule is CC1CC(C)CN(C(C)(C)CNC(=O)C[C@@H]2CCC[C@H]2N)C1.Cl.Cl. The molecule has 1 aliphatic heterocycles. The first-order chi connectivity index (χ1) is 10.3. The van der Waals surface area contributed by atoms with Gasteiger partial charge in [-0.05, 0) is 50.9 Å². The van der Waals surface area contributed by atoms with Crippen molar-refractivity contribution in [2.75, 3.05) is 19.6 Å². The van der Waals surface area contributed by atoms with Gasteiger partial charge < -0.3 is 11.1 Å². The molecule has 0 spiro atoms. The molecular formula is C18H37Cl2N3O. The summed E-state index contributed by atoms with van der Waals surface area (Å²) in [6.07, 6.45) is 5.28. The summed E-state index contributed by atoms with van der Waals surface area (Å²) in [4.78, 5) is 14.8. The maximum atomic E-state index is 12.2. The second kappa shape index (κ2) is 10.2. The molecular weight excluding hydrogens is 345 g/mol. The lowest BCUT2D eigenvalue weighted by molar-refractivity contribution is -0.122. The number of likely N-dealkylation sites (tertiary alicyclic amines) is 1. The molecule has 4 nitrogen and oxygen atoms in total. The summed E-state index contributed by atoms with van der Waals surface area (Å²) in [6.45, 7) is 12.2. The van der Waals surface area contributed by atoms with Crippen LogP contribution in [0.2, 0.25) is 0 Å². The van der Waals surface area contributed by atoms with Gasteiger partial charge in [0.05, 0.1) is 0 Å². The van der Waals surface area contributed by atoms with E-state index >= 15 is 0 Å². The summed E-state index contributed by atoms with van der Waals surface area (Å²) in [5.41, 5.74) is 6.09. The third kappa shape index (κ3) is 6.70. The first kappa shape index (κ1) is 24.0. The van der Waals surface area contributed by atoms with Crippen LogP contribution in [0.3, 0.4) is 0 Å². The van der Waals surface area contributed by atoms with Crippen LogP contribution in [0, 0.1) is 17.8 Å². The Morgan fingerprint density at radius 3 is 2.25 bits per heavy atom. The average molecular weight is 382 g/mol. The Morgan fingerprint density at radius 1 is 1.17 bits per heavy atom. The molecule has 0 aromatic heterocycles. The van der Waals surface area contributed by atoms with Gasteiger partial charge >= 0.3 is 0 Å². The molecule has 0 radical (unpaired) electrons. The van der Waals surface area contributed by atoms with Crippen LogP contribution in [0.1, 0.15) is 59.8 Å². The fraction of sp³-hybridized carbons (Fsp3) is 0.944. The number of nitrogens with two attached hydrogens (primary N) is 1. The van der Waals surface area contributed by atoms with Crippen molar-refractivity contribution in [1.82, 2.24) is 10.2 Å². The Kier molecular flexibility index (Phi) is 10.2. The Balaban J connectivity index is 0.00000264. The summed E-state index contributed by atoms with van der Waals surface area (Å²) < 4.78 is 0. The van der Waals surface area contributed by atoms with Crippen LogP contribution in [0.4, 0.5) is 0 Å². The predicted molar refractivity (Wildman–Crippen MR) is 106 cm³/mol. The minimum atomic E-state index is 0. The van der Waals surface area contributed by atoms with E-state index in [1.807, 2.05) is 0 Å². The van der Waals surface area contributed by atoms with E-state index in [-0.39, 0.29) is 42.3 Å². The molecule has 24 heavy (non-hydrogen) atoms. The summed E-state index contributed by atoms with van der Waals surface area (Å²) in [7, 11) is 0. The molecule has 1 amide bonds. The molecule has 3 N–H and O–H groups in total. The van der Waals surface area contributed by atoms with Crippen molar-refractivity contribution in [3.05, 3.63) is 0 Å². The van der Waals surface area contributed by atoms with Crippen molar-refractivity contribution in [2.45, 2.75) is 71.4 Å². The van der Waals surface area contributed by atoms with E-state index in [1.54, 1.807) is 0 Å². The maximum absolute atomic E-state index is 12.2. The summed E-state index contributed by atoms with van der Waals surface area (Å²) in [6, 6.07) is 0.225. The number of nitrogens with one attached hydrogen (secondary N) is 1. The van der Waals surface area contributed by atoms with Gasteiger partial charge in [-0.3, -0.25) is 9.69 Å². The number of carbonyl (C=O) groups excluding carboxylic acids is 1. The number of hydrogen-bond donors (Lipinski definition) is 2. The molecule has 4 atom stereocenters. The number of rotatable bonds is 5. The molecule has 1 saturated heterocycles. The van der Waals surface area contributed by atoms with Gasteiger partial charge in [0.15, 0.2) is 0 Å². The lowest BCUT2D eigenvalue weighted by atomic mass is 9.88. The van der Waals surface area contributed by atoms with E-state index in [9.17, 15) is 4.79 Å². The molecule has 2 unspecified atom stereocenters. The quantitative estimate of drug-likeness (QED) is 0.768. The zero-order valence-corrected chi connectivity index (χ0v) is 17.3. The second-order valence-electron chi connectivity index (χ2n) is 8.50. The van der Waals surface area contributed by atoms with Crippen LogP contribution in [0.15, 0.2) is 0 Å². The van der Waals surface area contributed by atoms with Gasteiger partial charge in [0.2, 0.25) is 5.91 Å². The zero-order valence-electron chi connectivity index (χ0n) is 15.7. The molecule has 144 valence electrons. The van der Waals surface area contributed by atoms with Gasteiger partial charge in [0.25, 0.3) is 0 Å². The van der Waals surface area contributed by atoms with Crippen LogP contribution in [0.5, 0.6) is 0 Å². The molecule has 2 rings (SSSR count). The standard InChI is InChI=1S/C18H35N3O.2ClH/c1-13-8-14(2)11-21(10-13)18(3,4)12-20-17(22)9-15-6-5-7-16(15)19;;/h13-16H,5-12,19H2,1-4H3,(H,20,22);2*1H/t13?,14?,15-,16+;;/m0../s1. The Morgan fingerprint density at radius 2 is 1.75 bits per heavy atom. The lowest BCUT2D eigenvalue weighted by Crippen LogP contribution is -2.56. The Hall–Kier alpha value is -0.0300. The van der Waals surface area contributed by atoms with E-state index < -0.39 is 0 Å². The van der Waals surface area contributed by atoms with E-state index in [1.165, 1.54) is 12.8 Å². The Labute approximate surface area is 160 Å². The Bertz CT molecular complexity index is 382. The minimum absolute atomic E-state index is 0. The van der Waals surface area contributed by atoms with E-state index in [0.717, 1.165) is 44.3 Å². The highest BCUT2D eigenvalue weighted by atomic mass is 35.5. The van der Waals surface area contributed by atoms with Gasteiger partial charge in [-0.1, -0.05) is 20.3 Å². The third-order valence-corrected chi connectivity index (χ3v) is 5.61. The van der Waals surface area contributed by atoms with Crippen molar-refractivity contribution in [2.24, 2.45) is 23.5 Å². The van der Waals surface area contributed by atoms with Gasteiger partial charge in [0, 0.05) is 37.6 Å². The highest BCUT2D eigenvalue weighted by molar-refractivity contribution is 5.85. The third-order valence-electron chi connectivity index (χ3n) is 5.61. The first-order valence-corrected chi connectivity index (χ1v) is 9.05. The highest BCUT2D eigenvalue weighted by Crippen LogP contribution is 2.28. The van der Waals surface area contributed by atoms with Crippen molar-refractivity contribution in [3.63, 3.8) is 0 Å². The normalized spacial score (nSPS) is 31.0. The van der Waals surface area contributed by atoms with Gasteiger partial charge in [-0.25, -0.2) is 0 Å². The minimum Gasteiger partial charge on any atom is -0.354 e. The van der Waals surface area contributed by atoms with Crippen LogP contribution < -0.4 is 11.1 Å². The number of hydrogen-bond acceptors (Lipinski definition) is 3. The van der Waals surface area contributed by atoms with Crippen molar-refractivity contribution in [1.29, 1.82) is 0 Å². The van der Waals surface area contributed by atoms with Gasteiger partial charge in [-0.2, -0.15) is 0 Å². The van der Waals surface area contributed by atoms with Crippen molar-refractivity contribution >= 4 is 30.7 Å². The smallest absolute Gasteiger partial charge is 0.220 e. The topological polar surface area (TPSA) is 58.4 Å². The highest BCUT2D eigenvalue weighted by Gasteiger charge is 2.33. The molecule has 1 saturated carbocycles. The second-order valence-corrected chi connectivity index (χ2v) is 8.50. The monoisotopic (exact) mass is 381 g/mol. The number of carbonyl (C=O) groups is 1. The summed E-state index contributed by atoms with van der Waals surface area (Å²) >= 11 is 0. The summed E-state index contributed by atoms with van der Waals surface area (Å²) in [5.74, 6) is 2.05. The van der Waals surface area contributed by atoms with Crippen LogP contribution in [-0.2, 0) is 4.79 Å². The van der Waals surface area contributed by atoms with Crippen LogP contribution in [0.25, 0.3) is 0 Å². The molecule has 2 fully saturated rings. The van der Waals surface area contributed by atoms with E-state index in [4.69, 9.17) is 5.73 Å². The number of amides is 1. The summed E-state index contributed by atoms with van der Waals surface area (Å²) in [5, 5.41) is 3.16. The molecule has 0 aromatic carbocycles. The van der Waals surface area contributed by atoms with Crippen LogP contribution in [-0.4, -0.2) is 42.0 Å². The molecule has 6 heteroatoms. The zero-order chi connectivity index (χ0) is 16.3. The van der Waals surface area contributed by atoms with Gasteiger partial charge in [-0.15, -0.1) is 24.8 Å². The fourth-order valence-corrected chi connectivity index (χ4v) is 4.21. The number of nitrogens with zero attached hydrogens (tertiary/aromatic N) is 1.